The highest BCUT2D eigenvalue weighted by atomic mass is 15.2. The molecule has 9 heteroatoms. The molecule has 9 aromatic rings. The molecule has 9 nitrogen and oxygen atoms in total. The van der Waals surface area contributed by atoms with Crippen LogP contribution in [0.15, 0.2) is 104 Å². The van der Waals surface area contributed by atoms with E-state index in [1.54, 1.807) is 18.6 Å². The van der Waals surface area contributed by atoms with Gasteiger partial charge in [0.1, 0.15) is 22.1 Å². The zero-order chi connectivity index (χ0) is 27.6. The minimum Gasteiger partial charge on any atom is -0.264 e. The average Bonchev–Trinajstić information content (AvgIpc) is 3.08. The fourth-order valence-corrected chi connectivity index (χ4v) is 5.74. The fraction of sp³-hybridized carbons (Fsp3) is 0. The summed E-state index contributed by atoms with van der Waals surface area (Å²) in [5, 5.41) is 24.0. The van der Waals surface area contributed by atoms with Crippen LogP contribution in [0, 0.1) is 0 Å². The number of pyridine rings is 3. The second-order valence-electron chi connectivity index (χ2n) is 10.0. The van der Waals surface area contributed by atoms with Crippen LogP contribution in [0.2, 0.25) is 0 Å². The van der Waals surface area contributed by atoms with Gasteiger partial charge in [0, 0.05) is 68.2 Å². The van der Waals surface area contributed by atoms with Crippen molar-refractivity contribution in [3.63, 3.8) is 0 Å². The first-order valence-electron chi connectivity index (χ1n) is 13.4. The van der Waals surface area contributed by atoms with E-state index < -0.39 is 0 Å². The molecule has 0 spiro atoms. The van der Waals surface area contributed by atoms with E-state index in [0.29, 0.717) is 17.2 Å². The average molecular weight is 540 g/mol. The van der Waals surface area contributed by atoms with E-state index in [1.165, 1.54) is 0 Å². The Morgan fingerprint density at radius 1 is 0.381 bits per heavy atom. The molecule has 0 aliphatic rings. The summed E-state index contributed by atoms with van der Waals surface area (Å²) in [5.41, 5.74) is 6.27. The molecule has 0 aliphatic heterocycles. The molecule has 5 heterocycles. The largest absolute Gasteiger partial charge is 0.264 e. The normalized spacial score (nSPS) is 11.8. The van der Waals surface area contributed by atoms with Gasteiger partial charge in [-0.1, -0.05) is 42.5 Å². The molecule has 0 aliphatic carbocycles. The number of hydrogen-bond acceptors (Lipinski definition) is 9. The highest BCUT2D eigenvalue weighted by Crippen LogP contribution is 2.34. The van der Waals surface area contributed by atoms with Gasteiger partial charge in [0.15, 0.2) is 11.6 Å². The summed E-state index contributed by atoms with van der Waals surface area (Å²) in [6.07, 6.45) is 7.13. The summed E-state index contributed by atoms with van der Waals surface area (Å²) in [4.78, 5) is 23.6. The summed E-state index contributed by atoms with van der Waals surface area (Å²) < 4.78 is 0. The summed E-state index contributed by atoms with van der Waals surface area (Å²) in [5.74, 6) is 1.00. The molecular weight excluding hydrogens is 522 g/mol. The van der Waals surface area contributed by atoms with E-state index >= 15 is 0 Å². The minimum absolute atomic E-state index is 0.498. The Morgan fingerprint density at radius 3 is 1.57 bits per heavy atom. The van der Waals surface area contributed by atoms with Crippen LogP contribution in [0.3, 0.4) is 0 Å². The van der Waals surface area contributed by atoms with Crippen LogP contribution >= 0.6 is 0 Å². The van der Waals surface area contributed by atoms with Crippen molar-refractivity contribution >= 4 is 65.4 Å². The summed E-state index contributed by atoms with van der Waals surface area (Å²) in [7, 11) is 0. The van der Waals surface area contributed by atoms with E-state index in [0.717, 1.165) is 71.0 Å². The maximum atomic E-state index is 5.00. The maximum Gasteiger partial charge on any atom is 0.182 e. The molecule has 4 aromatic carbocycles. The molecule has 0 saturated heterocycles. The smallest absolute Gasteiger partial charge is 0.182 e. The second-order valence-corrected chi connectivity index (χ2v) is 10.0. The first-order valence-corrected chi connectivity index (χ1v) is 13.4. The molecule has 0 amide bonds. The van der Waals surface area contributed by atoms with Gasteiger partial charge in [-0.2, -0.15) is 0 Å². The first kappa shape index (κ1) is 22.7. The molecule has 194 valence electrons. The molecule has 0 N–H and O–H groups in total. The van der Waals surface area contributed by atoms with Gasteiger partial charge in [-0.25, -0.2) is 9.97 Å². The Morgan fingerprint density at radius 2 is 0.929 bits per heavy atom. The Balaban J connectivity index is 1.23. The second kappa shape index (κ2) is 8.70. The topological polar surface area (TPSA) is 116 Å². The Kier molecular flexibility index (Phi) is 4.70. The van der Waals surface area contributed by atoms with Crippen LogP contribution in [-0.2, 0) is 0 Å². The van der Waals surface area contributed by atoms with Crippen LogP contribution in [-0.4, -0.2) is 45.3 Å². The molecular formula is C33H17N9. The van der Waals surface area contributed by atoms with Gasteiger partial charge in [0.2, 0.25) is 0 Å². The lowest BCUT2D eigenvalue weighted by molar-refractivity contribution is 1.03. The van der Waals surface area contributed by atoms with E-state index in [2.05, 4.69) is 41.4 Å². The molecule has 0 saturated carbocycles. The summed E-state index contributed by atoms with van der Waals surface area (Å²) in [6, 6.07) is 25.7. The van der Waals surface area contributed by atoms with E-state index in [-0.39, 0.29) is 0 Å². The summed E-state index contributed by atoms with van der Waals surface area (Å²) in [6.45, 7) is 0. The van der Waals surface area contributed by atoms with E-state index in [1.807, 2.05) is 79.0 Å². The van der Waals surface area contributed by atoms with Crippen molar-refractivity contribution < 1.29 is 0 Å². The van der Waals surface area contributed by atoms with Gasteiger partial charge in [0.05, 0.1) is 11.0 Å². The van der Waals surface area contributed by atoms with Crippen LogP contribution in [0.4, 0.5) is 0 Å². The molecule has 5 aromatic heterocycles. The predicted molar refractivity (Wildman–Crippen MR) is 163 cm³/mol. The number of fused-ring (bicyclic) bond motifs is 12. The molecule has 0 unspecified atom stereocenters. The fourth-order valence-electron chi connectivity index (χ4n) is 5.74. The molecule has 0 bridgehead atoms. The van der Waals surface area contributed by atoms with Crippen molar-refractivity contribution in [3.05, 3.63) is 104 Å². The van der Waals surface area contributed by atoms with Gasteiger partial charge >= 0.3 is 0 Å². The lowest BCUT2D eigenvalue weighted by atomic mass is 10.0. The SMILES string of the molecule is c1cc(-c2nnc3c4ccccc4c4ncccc4c3n2)cc(-c2nnc3c4ccncc4c4ncccc4c3n2)c1. The van der Waals surface area contributed by atoms with Gasteiger partial charge in [-0.15, -0.1) is 20.4 Å². The van der Waals surface area contributed by atoms with Crippen LogP contribution < -0.4 is 0 Å². The predicted octanol–water partition coefficient (Wildman–Crippen LogP) is 6.49. The van der Waals surface area contributed by atoms with E-state index in [4.69, 9.17) is 9.97 Å². The zero-order valence-corrected chi connectivity index (χ0v) is 21.8. The quantitative estimate of drug-likeness (QED) is 0.227. The van der Waals surface area contributed by atoms with Gasteiger partial charge in [-0.3, -0.25) is 15.0 Å². The zero-order valence-electron chi connectivity index (χ0n) is 21.8. The molecule has 0 fully saturated rings. The van der Waals surface area contributed by atoms with Crippen molar-refractivity contribution in [2.45, 2.75) is 0 Å². The number of aromatic nitrogens is 9. The maximum absolute atomic E-state index is 5.00. The highest BCUT2D eigenvalue weighted by molar-refractivity contribution is 6.22. The van der Waals surface area contributed by atoms with E-state index in [9.17, 15) is 0 Å². The third-order valence-corrected chi connectivity index (χ3v) is 7.65. The van der Waals surface area contributed by atoms with Crippen LogP contribution in [0.5, 0.6) is 0 Å². The Bertz CT molecular complexity index is 2300. The first-order chi connectivity index (χ1) is 20.8. The molecule has 9 rings (SSSR count). The lowest BCUT2D eigenvalue weighted by Crippen LogP contribution is -1.99. The van der Waals surface area contributed by atoms with Crippen LogP contribution in [0.25, 0.3) is 88.2 Å². The van der Waals surface area contributed by atoms with Gasteiger partial charge in [0.25, 0.3) is 0 Å². The number of benzene rings is 4. The van der Waals surface area contributed by atoms with Crippen molar-refractivity contribution in [2.75, 3.05) is 0 Å². The standard InChI is InChI=1S/C33H17N9/c1-2-9-21-20(8-1)26-23(10-4-13-35-26)28-30(21)39-41-32(37-28)18-6-3-7-19(16-18)33-38-29-24-11-5-14-36-27(24)25-17-34-15-12-22(25)31(29)40-42-33/h1-17H. The monoisotopic (exact) mass is 539 g/mol. The Hall–Kier alpha value is -6.09. The van der Waals surface area contributed by atoms with Crippen molar-refractivity contribution in [2.24, 2.45) is 0 Å². The minimum atomic E-state index is 0.498. The molecule has 42 heavy (non-hydrogen) atoms. The summed E-state index contributed by atoms with van der Waals surface area (Å²) >= 11 is 0. The highest BCUT2D eigenvalue weighted by Gasteiger charge is 2.16. The van der Waals surface area contributed by atoms with Crippen molar-refractivity contribution in [3.8, 4) is 22.8 Å². The number of rotatable bonds is 2. The van der Waals surface area contributed by atoms with Gasteiger partial charge in [-0.05, 0) is 36.4 Å². The lowest BCUT2D eigenvalue weighted by Gasteiger charge is -2.10. The van der Waals surface area contributed by atoms with Crippen molar-refractivity contribution in [1.29, 1.82) is 0 Å². The number of hydrogen-bond donors (Lipinski definition) is 0. The molecule has 0 radical (unpaired) electrons. The third-order valence-electron chi connectivity index (χ3n) is 7.65. The van der Waals surface area contributed by atoms with Gasteiger partial charge < -0.3 is 0 Å². The Labute approximate surface area is 237 Å². The molecule has 0 atom stereocenters. The van der Waals surface area contributed by atoms with Crippen molar-refractivity contribution in [1.82, 2.24) is 45.3 Å². The third kappa shape index (κ3) is 3.27. The number of nitrogens with zero attached hydrogens (tertiary/aromatic N) is 9. The van der Waals surface area contributed by atoms with Crippen LogP contribution in [0.1, 0.15) is 0 Å².